The molecule has 1 unspecified atom stereocenters. The minimum absolute atomic E-state index is 0.0519. The van der Waals surface area contributed by atoms with Crippen molar-refractivity contribution in [3.05, 3.63) is 82.3 Å². The summed E-state index contributed by atoms with van der Waals surface area (Å²) in [5.41, 5.74) is 3.57. The van der Waals surface area contributed by atoms with Crippen LogP contribution in [0.1, 0.15) is 40.0 Å². The largest absolute Gasteiger partial charge is 0.507 e. The number of benzene rings is 4. The highest BCUT2D eigenvalue weighted by molar-refractivity contribution is 9.10. The first-order chi connectivity index (χ1) is 27.3. The van der Waals surface area contributed by atoms with Gasteiger partial charge in [0.1, 0.15) is 45.9 Å². The van der Waals surface area contributed by atoms with Crippen LogP contribution in [0.15, 0.2) is 86.3 Å². The van der Waals surface area contributed by atoms with Crippen LogP contribution in [0.2, 0.25) is 5.02 Å². The summed E-state index contributed by atoms with van der Waals surface area (Å²) in [6, 6.07) is 19.5. The maximum absolute atomic E-state index is 12.8. The van der Waals surface area contributed by atoms with Crippen molar-refractivity contribution in [1.29, 1.82) is 0 Å². The summed E-state index contributed by atoms with van der Waals surface area (Å²) in [5.74, 6) is 0.263. The molecule has 14 nitrogen and oxygen atoms in total. The van der Waals surface area contributed by atoms with E-state index in [9.17, 15) is 30.0 Å². The maximum atomic E-state index is 12.8. The van der Waals surface area contributed by atoms with Crippen LogP contribution >= 0.6 is 27.5 Å². The Labute approximate surface area is 341 Å². The van der Waals surface area contributed by atoms with Crippen LogP contribution in [0.5, 0.6) is 34.5 Å². The molecule has 2 amide bonds. The van der Waals surface area contributed by atoms with E-state index in [0.29, 0.717) is 55.9 Å². The molecule has 16 heteroatoms. The summed E-state index contributed by atoms with van der Waals surface area (Å²) in [6.45, 7) is 5.35. The second-order valence-electron chi connectivity index (χ2n) is 12.6. The summed E-state index contributed by atoms with van der Waals surface area (Å²) < 4.78 is 21.6. The molecule has 0 aliphatic rings. The number of carbonyl (C=O) groups excluding carboxylic acids is 2. The second-order valence-corrected chi connectivity index (χ2v) is 13.9. The number of hydrogen-bond donors (Lipinski definition) is 6. The van der Waals surface area contributed by atoms with E-state index in [1.54, 1.807) is 62.8 Å². The van der Waals surface area contributed by atoms with E-state index >= 15 is 0 Å². The number of methoxy groups -OCH3 is 2. The number of halogens is 2. The van der Waals surface area contributed by atoms with Gasteiger partial charge in [0, 0.05) is 36.1 Å². The summed E-state index contributed by atoms with van der Waals surface area (Å²) in [5, 5.41) is 53.7. The van der Waals surface area contributed by atoms with Crippen molar-refractivity contribution in [3.8, 4) is 79.3 Å². The van der Waals surface area contributed by atoms with Crippen molar-refractivity contribution >= 4 is 51.1 Å². The predicted molar refractivity (Wildman–Crippen MR) is 219 cm³/mol. The summed E-state index contributed by atoms with van der Waals surface area (Å²) in [4.78, 5) is 24.3. The van der Waals surface area contributed by atoms with Crippen molar-refractivity contribution in [1.82, 2.24) is 10.3 Å². The molecule has 298 valence electrons. The Bertz CT molecular complexity index is 2360. The molecule has 0 radical (unpaired) electrons. The molecular weight excluding hydrogens is 824 g/mol. The first kappa shape index (κ1) is 42.0. The van der Waals surface area contributed by atoms with E-state index in [0.717, 1.165) is 18.9 Å². The lowest BCUT2D eigenvalue weighted by molar-refractivity contribution is -0.120. The van der Waals surface area contributed by atoms with Gasteiger partial charge in [-0.15, -0.1) is 0 Å². The SMILES string of the molecule is CCCC(CC)C(=O)Nc1onc(-c2cc(Cl)c(O)cc2O)c1-c1ccc(OC)cc1.COc1ccc(-c2c(-c3cc(Br)c(O)cc3O)noc2NC(C)=O)cc1. The zero-order valence-corrected chi connectivity index (χ0v) is 33.9. The lowest BCUT2D eigenvalue weighted by Crippen LogP contribution is -2.22. The van der Waals surface area contributed by atoms with Gasteiger partial charge in [0.2, 0.25) is 23.6 Å². The van der Waals surface area contributed by atoms with Gasteiger partial charge < -0.3 is 38.9 Å². The lowest BCUT2D eigenvalue weighted by atomic mass is 9.98. The number of aromatic hydroxyl groups is 4. The third kappa shape index (κ3) is 9.62. The van der Waals surface area contributed by atoms with Crippen molar-refractivity contribution in [2.45, 2.75) is 40.0 Å². The van der Waals surface area contributed by atoms with Gasteiger partial charge in [-0.2, -0.15) is 0 Å². The minimum Gasteiger partial charge on any atom is -0.507 e. The molecule has 2 aromatic heterocycles. The molecule has 0 aliphatic heterocycles. The normalized spacial score (nSPS) is 11.3. The molecule has 0 bridgehead atoms. The van der Waals surface area contributed by atoms with E-state index in [4.69, 9.17) is 30.1 Å². The van der Waals surface area contributed by atoms with Gasteiger partial charge in [0.25, 0.3) is 0 Å². The average molecular weight is 864 g/mol. The number of amides is 2. The molecule has 6 aromatic rings. The highest BCUT2D eigenvalue weighted by Gasteiger charge is 2.27. The fourth-order valence-corrected chi connectivity index (χ4v) is 6.40. The van der Waals surface area contributed by atoms with E-state index in [1.807, 2.05) is 13.8 Å². The molecule has 4 aromatic carbocycles. The highest BCUT2D eigenvalue weighted by atomic mass is 79.9. The van der Waals surface area contributed by atoms with Crippen LogP contribution in [0.4, 0.5) is 11.8 Å². The Kier molecular flexibility index (Phi) is 13.7. The van der Waals surface area contributed by atoms with Crippen LogP contribution in [0.25, 0.3) is 44.8 Å². The zero-order chi connectivity index (χ0) is 41.4. The topological polar surface area (TPSA) is 210 Å². The number of phenols is 4. The molecule has 57 heavy (non-hydrogen) atoms. The van der Waals surface area contributed by atoms with Gasteiger partial charge in [-0.3, -0.25) is 20.2 Å². The number of carbonyl (C=O) groups is 2. The van der Waals surface area contributed by atoms with Crippen LogP contribution in [-0.4, -0.2) is 56.8 Å². The van der Waals surface area contributed by atoms with E-state index in [2.05, 4.69) is 36.9 Å². The molecule has 0 fully saturated rings. The number of hydrogen-bond acceptors (Lipinski definition) is 12. The molecule has 6 rings (SSSR count). The first-order valence-corrected chi connectivity index (χ1v) is 18.8. The molecule has 0 spiro atoms. The maximum Gasteiger partial charge on any atom is 0.239 e. The van der Waals surface area contributed by atoms with Crippen LogP contribution in [0.3, 0.4) is 0 Å². The zero-order valence-electron chi connectivity index (χ0n) is 31.5. The molecule has 6 N–H and O–H groups in total. The molecule has 0 saturated carbocycles. The van der Waals surface area contributed by atoms with Crippen LogP contribution < -0.4 is 20.1 Å². The van der Waals surface area contributed by atoms with Crippen LogP contribution in [0, 0.1) is 5.92 Å². The van der Waals surface area contributed by atoms with E-state index in [1.165, 1.54) is 25.1 Å². The van der Waals surface area contributed by atoms with Gasteiger partial charge in [0.15, 0.2) is 0 Å². The van der Waals surface area contributed by atoms with Crippen molar-refractivity contribution in [3.63, 3.8) is 0 Å². The fraction of sp³-hybridized carbons (Fsp3) is 0.220. The Balaban J connectivity index is 0.000000221. The monoisotopic (exact) mass is 862 g/mol. The first-order valence-electron chi connectivity index (χ1n) is 17.6. The summed E-state index contributed by atoms with van der Waals surface area (Å²) in [7, 11) is 3.13. The van der Waals surface area contributed by atoms with Crippen molar-refractivity contribution in [2.24, 2.45) is 5.92 Å². The van der Waals surface area contributed by atoms with Gasteiger partial charge in [-0.05, 0) is 76.3 Å². The van der Waals surface area contributed by atoms with Gasteiger partial charge in [-0.25, -0.2) is 0 Å². The van der Waals surface area contributed by atoms with Crippen molar-refractivity contribution < 1.29 is 48.5 Å². The lowest BCUT2D eigenvalue weighted by Gasteiger charge is -2.13. The fourth-order valence-electron chi connectivity index (χ4n) is 5.89. The quantitative estimate of drug-likeness (QED) is 0.0679. The number of aromatic nitrogens is 2. The number of nitrogens with zero attached hydrogens (tertiary/aromatic N) is 2. The van der Waals surface area contributed by atoms with Gasteiger partial charge >= 0.3 is 0 Å². The third-order valence-electron chi connectivity index (χ3n) is 8.81. The Hall–Kier alpha value is -6.19. The van der Waals surface area contributed by atoms with Crippen LogP contribution in [-0.2, 0) is 9.59 Å². The van der Waals surface area contributed by atoms with E-state index in [-0.39, 0.29) is 68.8 Å². The number of nitrogens with one attached hydrogen (secondary N) is 2. The molecular formula is C41H40BrClN4O10. The number of ether oxygens (including phenoxy) is 2. The number of anilines is 2. The third-order valence-corrected chi connectivity index (χ3v) is 9.75. The minimum atomic E-state index is -0.321. The molecule has 0 aliphatic carbocycles. The Morgan fingerprint density at radius 1 is 0.737 bits per heavy atom. The van der Waals surface area contributed by atoms with E-state index < -0.39 is 0 Å². The second kappa shape index (κ2) is 18.6. The standard InChI is InChI=1S/C23H25ClN2O5.C18H15BrN2O5/c1-4-6-13(5-2)22(29)25-23-20(14-7-9-15(30-3)10-8-14)21(26-31-23)16-11-17(24)19(28)12-18(16)27;1-9(22)20-18-16(10-3-5-11(25-2)6-4-10)17(21-26-18)12-7-13(19)15(24)8-14(12)23/h7-13,27-28H,4-6H2,1-3H3,(H,25,29);3-8,23-24H,1-2H3,(H,20,22). The summed E-state index contributed by atoms with van der Waals surface area (Å²) >= 11 is 9.27. The average Bonchev–Trinajstić information content (AvgIpc) is 3.80. The Morgan fingerprint density at radius 3 is 1.67 bits per heavy atom. The number of rotatable bonds is 12. The molecule has 2 heterocycles. The smallest absolute Gasteiger partial charge is 0.239 e. The molecule has 1 atom stereocenters. The molecule has 0 saturated heterocycles. The van der Waals surface area contributed by atoms with Crippen molar-refractivity contribution in [2.75, 3.05) is 24.9 Å². The van der Waals surface area contributed by atoms with Gasteiger partial charge in [-0.1, -0.05) is 66.4 Å². The number of phenolic OH excluding ortho intramolecular Hbond substituents is 4. The highest BCUT2D eigenvalue weighted by Crippen LogP contribution is 2.46. The Morgan fingerprint density at radius 2 is 1.21 bits per heavy atom. The predicted octanol–water partition coefficient (Wildman–Crippen LogP) is 10.00. The van der Waals surface area contributed by atoms with Gasteiger partial charge in [0.05, 0.1) is 34.8 Å². The summed E-state index contributed by atoms with van der Waals surface area (Å²) in [6.07, 6.45) is 2.35.